The summed E-state index contributed by atoms with van der Waals surface area (Å²) in [6.45, 7) is 5.19. The zero-order chi connectivity index (χ0) is 13.6. The van der Waals surface area contributed by atoms with Crippen molar-refractivity contribution in [3.8, 4) is 0 Å². The standard InChI is InChI=1S/C15H17NO3/c1-9-5-6-12-13(10(9)2)16(15(18)14(12)17)8-11-4-3-7-19-11/h5-6,11H,3-4,7-8H2,1-2H3. The fourth-order valence-corrected chi connectivity index (χ4v) is 2.84. The maximum Gasteiger partial charge on any atom is 0.299 e. The van der Waals surface area contributed by atoms with Crippen LogP contribution in [0.1, 0.15) is 34.3 Å². The number of hydrogen-bond donors (Lipinski definition) is 0. The minimum absolute atomic E-state index is 0.0580. The molecule has 0 saturated carbocycles. The maximum absolute atomic E-state index is 12.1. The Bertz CT molecular complexity index is 559. The summed E-state index contributed by atoms with van der Waals surface area (Å²) in [6, 6.07) is 3.66. The second kappa shape index (κ2) is 4.46. The average Bonchev–Trinajstić information content (AvgIpc) is 2.98. The van der Waals surface area contributed by atoms with Crippen molar-refractivity contribution in [3.63, 3.8) is 0 Å². The normalized spacial score (nSPS) is 22.2. The van der Waals surface area contributed by atoms with Crippen molar-refractivity contribution in [1.82, 2.24) is 0 Å². The highest BCUT2D eigenvalue weighted by atomic mass is 16.5. The van der Waals surface area contributed by atoms with Gasteiger partial charge < -0.3 is 9.64 Å². The molecule has 4 heteroatoms. The molecular weight excluding hydrogens is 242 g/mol. The minimum Gasteiger partial charge on any atom is -0.376 e. The third kappa shape index (κ3) is 1.87. The van der Waals surface area contributed by atoms with E-state index in [9.17, 15) is 9.59 Å². The first-order valence-corrected chi connectivity index (χ1v) is 6.67. The first-order valence-electron chi connectivity index (χ1n) is 6.67. The number of ketones is 1. The van der Waals surface area contributed by atoms with Crippen molar-refractivity contribution in [3.05, 3.63) is 28.8 Å². The summed E-state index contributed by atoms with van der Waals surface area (Å²) in [4.78, 5) is 25.8. The molecular formula is C15H17NO3. The number of benzene rings is 1. The Morgan fingerprint density at radius 2 is 2.11 bits per heavy atom. The van der Waals surface area contributed by atoms with Gasteiger partial charge in [-0.05, 0) is 43.9 Å². The Hall–Kier alpha value is -1.68. The predicted octanol–water partition coefficient (Wildman–Crippen LogP) is 2.01. The molecule has 4 nitrogen and oxygen atoms in total. The monoisotopic (exact) mass is 259 g/mol. The van der Waals surface area contributed by atoms with E-state index in [-0.39, 0.29) is 6.10 Å². The van der Waals surface area contributed by atoms with Gasteiger partial charge in [0, 0.05) is 6.61 Å². The minimum atomic E-state index is -0.417. The molecule has 1 atom stereocenters. The first-order chi connectivity index (χ1) is 9.09. The van der Waals surface area contributed by atoms with Gasteiger partial charge >= 0.3 is 0 Å². The zero-order valence-corrected chi connectivity index (χ0v) is 11.2. The van der Waals surface area contributed by atoms with E-state index in [1.807, 2.05) is 19.9 Å². The lowest BCUT2D eigenvalue weighted by Crippen LogP contribution is -2.36. The molecule has 0 spiro atoms. The van der Waals surface area contributed by atoms with E-state index >= 15 is 0 Å². The van der Waals surface area contributed by atoms with Crippen LogP contribution in [0.5, 0.6) is 0 Å². The lowest BCUT2D eigenvalue weighted by Gasteiger charge is -2.22. The average molecular weight is 259 g/mol. The van der Waals surface area contributed by atoms with Crippen LogP contribution in [0.2, 0.25) is 0 Å². The molecule has 1 aromatic carbocycles. The number of fused-ring (bicyclic) bond motifs is 1. The summed E-state index contributed by atoms with van der Waals surface area (Å²) in [6.07, 6.45) is 2.04. The summed E-state index contributed by atoms with van der Waals surface area (Å²) in [7, 11) is 0. The summed E-state index contributed by atoms with van der Waals surface area (Å²) < 4.78 is 5.58. The van der Waals surface area contributed by atoms with E-state index in [1.165, 1.54) is 0 Å². The van der Waals surface area contributed by atoms with Crippen molar-refractivity contribution in [1.29, 1.82) is 0 Å². The van der Waals surface area contributed by atoms with Gasteiger partial charge in [0.15, 0.2) is 0 Å². The van der Waals surface area contributed by atoms with E-state index in [2.05, 4.69) is 0 Å². The topological polar surface area (TPSA) is 46.6 Å². The van der Waals surface area contributed by atoms with E-state index in [4.69, 9.17) is 4.74 Å². The molecule has 2 aliphatic rings. The van der Waals surface area contributed by atoms with Crippen LogP contribution in [0, 0.1) is 13.8 Å². The van der Waals surface area contributed by atoms with Gasteiger partial charge in [0.2, 0.25) is 0 Å². The number of hydrogen-bond acceptors (Lipinski definition) is 3. The molecule has 2 aliphatic heterocycles. The third-order valence-electron chi connectivity index (χ3n) is 4.07. The van der Waals surface area contributed by atoms with Crippen LogP contribution in [-0.4, -0.2) is 30.9 Å². The molecule has 3 rings (SSSR count). The number of rotatable bonds is 2. The molecule has 2 heterocycles. The molecule has 0 aromatic heterocycles. The molecule has 0 N–H and O–H groups in total. The number of carbonyl (C=O) groups is 2. The van der Waals surface area contributed by atoms with Gasteiger partial charge in [-0.1, -0.05) is 6.07 Å². The Morgan fingerprint density at radius 1 is 1.32 bits per heavy atom. The van der Waals surface area contributed by atoms with E-state index < -0.39 is 11.7 Å². The van der Waals surface area contributed by atoms with Crippen molar-refractivity contribution >= 4 is 17.4 Å². The third-order valence-corrected chi connectivity index (χ3v) is 4.07. The molecule has 1 fully saturated rings. The molecule has 100 valence electrons. The van der Waals surface area contributed by atoms with Crippen molar-refractivity contribution in [2.45, 2.75) is 32.8 Å². The van der Waals surface area contributed by atoms with Gasteiger partial charge in [-0.3, -0.25) is 9.59 Å². The van der Waals surface area contributed by atoms with Gasteiger partial charge in [0.05, 0.1) is 23.9 Å². The maximum atomic E-state index is 12.1. The van der Waals surface area contributed by atoms with Crippen molar-refractivity contribution in [2.24, 2.45) is 0 Å². The Labute approximate surface area is 112 Å². The largest absolute Gasteiger partial charge is 0.376 e. The van der Waals surface area contributed by atoms with Crippen LogP contribution in [0.25, 0.3) is 0 Å². The summed E-state index contributed by atoms with van der Waals surface area (Å²) in [5.41, 5.74) is 3.42. The molecule has 0 bridgehead atoms. The van der Waals surface area contributed by atoms with Crippen LogP contribution in [0.15, 0.2) is 12.1 Å². The summed E-state index contributed by atoms with van der Waals surface area (Å²) in [5, 5.41) is 0. The number of nitrogens with zero attached hydrogens (tertiary/aromatic N) is 1. The van der Waals surface area contributed by atoms with Gasteiger partial charge in [0.1, 0.15) is 0 Å². The van der Waals surface area contributed by atoms with E-state index in [0.29, 0.717) is 12.1 Å². The smallest absolute Gasteiger partial charge is 0.299 e. The second-order valence-corrected chi connectivity index (χ2v) is 5.28. The van der Waals surface area contributed by atoms with Crippen LogP contribution in [-0.2, 0) is 9.53 Å². The second-order valence-electron chi connectivity index (χ2n) is 5.28. The molecule has 0 radical (unpaired) electrons. The number of ether oxygens (including phenoxy) is 1. The number of amides is 1. The Kier molecular flexibility index (Phi) is 2.90. The van der Waals surface area contributed by atoms with Crippen LogP contribution < -0.4 is 4.90 Å². The quantitative estimate of drug-likeness (QED) is 0.763. The van der Waals surface area contributed by atoms with Crippen molar-refractivity contribution < 1.29 is 14.3 Å². The zero-order valence-electron chi connectivity index (χ0n) is 11.2. The van der Waals surface area contributed by atoms with Gasteiger partial charge in [-0.2, -0.15) is 0 Å². The highest BCUT2D eigenvalue weighted by molar-refractivity contribution is 6.52. The van der Waals surface area contributed by atoms with Crippen molar-refractivity contribution in [2.75, 3.05) is 18.1 Å². The SMILES string of the molecule is Cc1ccc2c(c1C)N(CC1CCCO1)C(=O)C2=O. The first kappa shape index (κ1) is 12.4. The number of Topliss-reactive ketones (excluding diaryl/α,β-unsaturated/α-hetero) is 1. The van der Waals surface area contributed by atoms with E-state index in [1.54, 1.807) is 11.0 Å². The predicted molar refractivity (Wildman–Crippen MR) is 71.6 cm³/mol. The Morgan fingerprint density at radius 3 is 2.79 bits per heavy atom. The van der Waals surface area contributed by atoms with Crippen LogP contribution in [0.3, 0.4) is 0 Å². The number of anilines is 1. The molecule has 1 saturated heterocycles. The van der Waals surface area contributed by atoms with Crippen LogP contribution >= 0.6 is 0 Å². The molecule has 1 amide bonds. The van der Waals surface area contributed by atoms with Gasteiger partial charge in [-0.25, -0.2) is 0 Å². The fourth-order valence-electron chi connectivity index (χ4n) is 2.84. The van der Waals surface area contributed by atoms with Gasteiger partial charge in [-0.15, -0.1) is 0 Å². The molecule has 1 unspecified atom stereocenters. The van der Waals surface area contributed by atoms with Crippen LogP contribution in [0.4, 0.5) is 5.69 Å². The lowest BCUT2D eigenvalue weighted by atomic mass is 10.0. The highest BCUT2D eigenvalue weighted by Crippen LogP contribution is 2.34. The van der Waals surface area contributed by atoms with E-state index in [0.717, 1.165) is 36.3 Å². The summed E-state index contributed by atoms with van der Waals surface area (Å²) >= 11 is 0. The fraction of sp³-hybridized carbons (Fsp3) is 0.467. The Balaban J connectivity index is 2.00. The summed E-state index contributed by atoms with van der Waals surface area (Å²) in [5.74, 6) is -0.810. The lowest BCUT2D eigenvalue weighted by molar-refractivity contribution is -0.114. The molecule has 19 heavy (non-hydrogen) atoms. The van der Waals surface area contributed by atoms with Gasteiger partial charge in [0.25, 0.3) is 11.7 Å². The molecule has 0 aliphatic carbocycles. The number of aryl methyl sites for hydroxylation is 1. The molecule has 1 aromatic rings. The highest BCUT2D eigenvalue weighted by Gasteiger charge is 2.38. The number of carbonyl (C=O) groups excluding carboxylic acids is 2.